The molecule has 0 spiro atoms. The minimum absolute atomic E-state index is 0.191. The maximum Gasteiger partial charge on any atom is 0.160 e. The molecule has 5 nitrogen and oxygen atoms in total. The van der Waals surface area contributed by atoms with Crippen LogP contribution in [0.5, 0.6) is 5.75 Å². The van der Waals surface area contributed by atoms with E-state index in [9.17, 15) is 5.11 Å². The van der Waals surface area contributed by atoms with Crippen molar-refractivity contribution in [2.24, 2.45) is 0 Å². The van der Waals surface area contributed by atoms with Crippen LogP contribution in [0, 0.1) is 0 Å². The highest BCUT2D eigenvalue weighted by molar-refractivity contribution is 7.07. The van der Waals surface area contributed by atoms with Gasteiger partial charge in [0.2, 0.25) is 0 Å². The number of nitrogens with zero attached hydrogens (tertiary/aromatic N) is 3. The number of aromatic nitrogens is 3. The first-order valence-electron chi connectivity index (χ1n) is 9.42. The van der Waals surface area contributed by atoms with Crippen molar-refractivity contribution in [2.75, 3.05) is 6.61 Å². The van der Waals surface area contributed by atoms with E-state index in [2.05, 4.69) is 17.1 Å². The number of hydrogen-bond donors (Lipinski definition) is 1. The number of ether oxygens (including phenoxy) is 1. The predicted molar refractivity (Wildman–Crippen MR) is 116 cm³/mol. The maximum atomic E-state index is 10.7. The maximum absolute atomic E-state index is 10.7. The number of rotatable bonds is 6. The van der Waals surface area contributed by atoms with E-state index < -0.39 is 6.10 Å². The van der Waals surface area contributed by atoms with Gasteiger partial charge in [0.15, 0.2) is 5.82 Å². The molecular weight excluding hydrogens is 382 g/mol. The van der Waals surface area contributed by atoms with Crippen LogP contribution in [-0.2, 0) is 6.54 Å². The molecule has 2 aromatic heterocycles. The van der Waals surface area contributed by atoms with E-state index in [4.69, 9.17) is 9.72 Å². The van der Waals surface area contributed by atoms with Crippen LogP contribution >= 0.6 is 11.3 Å². The smallest absolute Gasteiger partial charge is 0.160 e. The fourth-order valence-electron chi connectivity index (χ4n) is 3.55. The van der Waals surface area contributed by atoms with Gasteiger partial charge in [0.1, 0.15) is 24.2 Å². The van der Waals surface area contributed by atoms with E-state index in [1.807, 2.05) is 64.5 Å². The number of fused-ring (bicyclic) bond motifs is 2. The van der Waals surface area contributed by atoms with Crippen molar-refractivity contribution in [2.45, 2.75) is 12.6 Å². The monoisotopic (exact) mass is 401 g/mol. The number of imidazole rings is 1. The van der Waals surface area contributed by atoms with E-state index in [1.165, 1.54) is 11.3 Å². The molecule has 5 rings (SSSR count). The molecule has 0 saturated carbocycles. The van der Waals surface area contributed by atoms with Gasteiger partial charge in [0.05, 0.1) is 23.1 Å². The van der Waals surface area contributed by atoms with Crippen molar-refractivity contribution in [3.63, 3.8) is 0 Å². The zero-order valence-corrected chi connectivity index (χ0v) is 16.4. The third kappa shape index (κ3) is 3.48. The largest absolute Gasteiger partial charge is 0.490 e. The fraction of sp³-hybridized carbons (Fsp3) is 0.130. The van der Waals surface area contributed by atoms with Crippen molar-refractivity contribution in [3.05, 3.63) is 77.6 Å². The third-order valence-electron chi connectivity index (χ3n) is 4.89. The molecule has 0 aliphatic heterocycles. The molecule has 0 amide bonds. The Kier molecular flexibility index (Phi) is 4.71. The van der Waals surface area contributed by atoms with Gasteiger partial charge >= 0.3 is 0 Å². The van der Waals surface area contributed by atoms with E-state index in [1.54, 1.807) is 5.51 Å². The lowest BCUT2D eigenvalue weighted by atomic mass is 10.1. The summed E-state index contributed by atoms with van der Waals surface area (Å²) < 4.78 is 7.99. The summed E-state index contributed by atoms with van der Waals surface area (Å²) in [4.78, 5) is 9.12. The highest BCUT2D eigenvalue weighted by atomic mass is 32.1. The number of benzene rings is 3. The zero-order valence-electron chi connectivity index (χ0n) is 15.6. The Morgan fingerprint density at radius 2 is 1.83 bits per heavy atom. The lowest BCUT2D eigenvalue weighted by Crippen LogP contribution is -2.24. The van der Waals surface area contributed by atoms with Crippen LogP contribution in [0.4, 0.5) is 0 Å². The molecule has 0 unspecified atom stereocenters. The molecule has 0 saturated heterocycles. The number of thiazole rings is 1. The molecule has 0 radical (unpaired) electrons. The summed E-state index contributed by atoms with van der Waals surface area (Å²) in [7, 11) is 0. The summed E-state index contributed by atoms with van der Waals surface area (Å²) >= 11 is 1.53. The lowest BCUT2D eigenvalue weighted by molar-refractivity contribution is 0.0945. The van der Waals surface area contributed by atoms with E-state index in [0.29, 0.717) is 6.54 Å². The van der Waals surface area contributed by atoms with Crippen molar-refractivity contribution in [1.82, 2.24) is 14.5 Å². The minimum Gasteiger partial charge on any atom is -0.490 e. The standard InChI is InChI=1S/C23H19N3O2S/c27-17(13-28-22-11-5-7-16-6-1-2-8-18(16)22)12-26-21-10-4-3-9-19(21)25-23(26)20-14-29-15-24-20/h1-11,14-15,17,27H,12-13H2/t17-/m1/s1. The normalized spacial score (nSPS) is 12.4. The molecule has 6 heteroatoms. The summed E-state index contributed by atoms with van der Waals surface area (Å²) in [6.45, 7) is 0.565. The van der Waals surface area contributed by atoms with Gasteiger partial charge in [-0.1, -0.05) is 48.5 Å². The molecule has 0 bridgehead atoms. The Morgan fingerprint density at radius 3 is 2.72 bits per heavy atom. The second kappa shape index (κ2) is 7.66. The van der Waals surface area contributed by atoms with Crippen LogP contribution in [0.2, 0.25) is 0 Å². The van der Waals surface area contributed by atoms with Gasteiger partial charge < -0.3 is 14.4 Å². The third-order valence-corrected chi connectivity index (χ3v) is 5.48. The first-order valence-corrected chi connectivity index (χ1v) is 10.4. The summed E-state index contributed by atoms with van der Waals surface area (Å²) in [6, 6.07) is 21.9. The SMILES string of the molecule is O[C@@H](COc1cccc2ccccc12)Cn1c(-c2cscn2)nc2ccccc21. The van der Waals surface area contributed by atoms with Gasteiger partial charge in [-0.2, -0.15) is 0 Å². The number of aliphatic hydroxyl groups is 1. The topological polar surface area (TPSA) is 60.2 Å². The average molecular weight is 401 g/mol. The number of aliphatic hydroxyl groups excluding tert-OH is 1. The Bertz CT molecular complexity index is 1260. The van der Waals surface area contributed by atoms with Crippen molar-refractivity contribution in [1.29, 1.82) is 0 Å². The van der Waals surface area contributed by atoms with Crippen molar-refractivity contribution in [3.8, 4) is 17.3 Å². The van der Waals surface area contributed by atoms with Gasteiger partial charge in [0.25, 0.3) is 0 Å². The summed E-state index contributed by atoms with van der Waals surface area (Å²) in [6.07, 6.45) is -0.691. The molecule has 144 valence electrons. The highest BCUT2D eigenvalue weighted by Crippen LogP contribution is 2.27. The van der Waals surface area contributed by atoms with Crippen LogP contribution in [-0.4, -0.2) is 32.4 Å². The first kappa shape index (κ1) is 17.8. The number of hydrogen-bond acceptors (Lipinski definition) is 5. The molecule has 0 aliphatic carbocycles. The number of para-hydroxylation sites is 2. The Hall–Kier alpha value is -3.22. The van der Waals surface area contributed by atoms with Crippen LogP contribution in [0.15, 0.2) is 77.6 Å². The van der Waals surface area contributed by atoms with Gasteiger partial charge in [-0.05, 0) is 23.6 Å². The second-order valence-corrected chi connectivity index (χ2v) is 7.57. The molecule has 1 atom stereocenters. The van der Waals surface area contributed by atoms with Gasteiger partial charge in [-0.3, -0.25) is 0 Å². The van der Waals surface area contributed by atoms with E-state index in [0.717, 1.165) is 39.1 Å². The second-order valence-electron chi connectivity index (χ2n) is 6.85. The molecule has 2 heterocycles. The quantitative estimate of drug-likeness (QED) is 0.446. The average Bonchev–Trinajstić information content (AvgIpc) is 3.41. The molecule has 1 N–H and O–H groups in total. The molecule has 3 aromatic carbocycles. The van der Waals surface area contributed by atoms with Gasteiger partial charge in [0, 0.05) is 10.8 Å². The van der Waals surface area contributed by atoms with E-state index in [-0.39, 0.29) is 6.61 Å². The Morgan fingerprint density at radius 1 is 1.00 bits per heavy atom. The Labute approximate surface area is 171 Å². The zero-order chi connectivity index (χ0) is 19.6. The minimum atomic E-state index is -0.691. The van der Waals surface area contributed by atoms with Crippen molar-refractivity contribution >= 4 is 33.1 Å². The summed E-state index contributed by atoms with van der Waals surface area (Å²) in [5.41, 5.74) is 4.46. The molecule has 0 fully saturated rings. The van der Waals surface area contributed by atoms with Gasteiger partial charge in [-0.15, -0.1) is 11.3 Å². The fourth-order valence-corrected chi connectivity index (χ4v) is 4.08. The van der Waals surface area contributed by atoms with Gasteiger partial charge in [-0.25, -0.2) is 9.97 Å². The van der Waals surface area contributed by atoms with Crippen LogP contribution in [0.1, 0.15) is 0 Å². The molecule has 5 aromatic rings. The summed E-state index contributed by atoms with van der Waals surface area (Å²) in [5, 5.41) is 14.9. The van der Waals surface area contributed by atoms with Crippen LogP contribution < -0.4 is 4.74 Å². The van der Waals surface area contributed by atoms with E-state index >= 15 is 0 Å². The van der Waals surface area contributed by atoms with Crippen LogP contribution in [0.3, 0.4) is 0 Å². The first-order chi connectivity index (χ1) is 14.3. The molecule has 0 aliphatic rings. The predicted octanol–water partition coefficient (Wildman–Crippen LogP) is 4.75. The highest BCUT2D eigenvalue weighted by Gasteiger charge is 2.17. The molecule has 29 heavy (non-hydrogen) atoms. The lowest BCUT2D eigenvalue weighted by Gasteiger charge is -2.16. The summed E-state index contributed by atoms with van der Waals surface area (Å²) in [5.74, 6) is 1.54. The van der Waals surface area contributed by atoms with Crippen LogP contribution in [0.25, 0.3) is 33.3 Å². The Balaban J connectivity index is 1.40. The van der Waals surface area contributed by atoms with Crippen molar-refractivity contribution < 1.29 is 9.84 Å². The molecular formula is C23H19N3O2S.